The summed E-state index contributed by atoms with van der Waals surface area (Å²) in [6, 6.07) is 12.4. The van der Waals surface area contributed by atoms with Crippen LogP contribution in [0.4, 0.5) is 0 Å². The van der Waals surface area contributed by atoms with Crippen LogP contribution in [0.3, 0.4) is 0 Å². The lowest BCUT2D eigenvalue weighted by Crippen LogP contribution is -2.29. The summed E-state index contributed by atoms with van der Waals surface area (Å²) in [6.45, 7) is 0.183. The van der Waals surface area contributed by atoms with Gasteiger partial charge in [0.1, 0.15) is 0 Å². The Labute approximate surface area is 166 Å². The number of hydrogen-bond donors (Lipinski definition) is 2. The van der Waals surface area contributed by atoms with Crippen molar-refractivity contribution >= 4 is 53.0 Å². The van der Waals surface area contributed by atoms with Gasteiger partial charge in [0.05, 0.1) is 16.3 Å². The minimum Gasteiger partial charge on any atom is -0.352 e. The fourth-order valence-electron chi connectivity index (χ4n) is 1.95. The molecule has 2 aromatic rings. The molecule has 0 saturated heterocycles. The summed E-state index contributed by atoms with van der Waals surface area (Å²) in [4.78, 5) is 24.9. The van der Waals surface area contributed by atoms with Crippen LogP contribution < -0.4 is 10.7 Å². The van der Waals surface area contributed by atoms with Crippen LogP contribution in [0.2, 0.25) is 10.0 Å². The first-order valence-electron chi connectivity index (χ1n) is 7.69. The van der Waals surface area contributed by atoms with Crippen LogP contribution >= 0.6 is 35.0 Å². The third-order valence-electron chi connectivity index (χ3n) is 3.34. The van der Waals surface area contributed by atoms with Gasteiger partial charge in [-0.15, -0.1) is 11.8 Å². The van der Waals surface area contributed by atoms with Crippen molar-refractivity contribution in [3.05, 3.63) is 63.6 Å². The van der Waals surface area contributed by atoms with Crippen molar-refractivity contribution in [2.45, 2.75) is 11.3 Å². The Hall–Kier alpha value is -2.02. The van der Waals surface area contributed by atoms with Gasteiger partial charge in [0.25, 0.3) is 5.91 Å². The topological polar surface area (TPSA) is 70.6 Å². The number of carbonyl (C=O) groups excluding carboxylic acids is 2. The minimum absolute atomic E-state index is 0.107. The minimum atomic E-state index is -0.325. The molecule has 2 N–H and O–H groups in total. The molecule has 0 unspecified atom stereocenters. The van der Waals surface area contributed by atoms with Crippen molar-refractivity contribution in [1.82, 2.24) is 10.7 Å². The Morgan fingerprint density at radius 3 is 2.50 bits per heavy atom. The summed E-state index contributed by atoms with van der Waals surface area (Å²) in [5.41, 5.74) is 3.69. The normalized spacial score (nSPS) is 10.7. The second-order valence-corrected chi connectivity index (χ2v) is 6.90. The van der Waals surface area contributed by atoms with Gasteiger partial charge in [-0.1, -0.05) is 35.3 Å². The summed E-state index contributed by atoms with van der Waals surface area (Å²) in [5, 5.41) is 7.22. The van der Waals surface area contributed by atoms with Gasteiger partial charge in [-0.3, -0.25) is 9.59 Å². The van der Waals surface area contributed by atoms with Crippen LogP contribution in [0.5, 0.6) is 0 Å². The van der Waals surface area contributed by atoms with E-state index < -0.39 is 0 Å². The number of benzene rings is 2. The lowest BCUT2D eigenvalue weighted by atomic mass is 10.2. The van der Waals surface area contributed by atoms with E-state index in [0.717, 1.165) is 10.5 Å². The number of hydrogen-bond acceptors (Lipinski definition) is 4. The highest BCUT2D eigenvalue weighted by Crippen LogP contribution is 2.22. The summed E-state index contributed by atoms with van der Waals surface area (Å²) in [5.74, 6) is -0.620. The third-order valence-corrected chi connectivity index (χ3v) is 4.82. The molecule has 0 saturated carbocycles. The highest BCUT2D eigenvalue weighted by Gasteiger charge is 2.08. The first-order chi connectivity index (χ1) is 12.5. The molecule has 0 heterocycles. The quantitative estimate of drug-likeness (QED) is 0.412. The molecule has 0 fully saturated rings. The van der Waals surface area contributed by atoms with Crippen molar-refractivity contribution < 1.29 is 9.59 Å². The Kier molecular flexibility index (Phi) is 7.97. The molecule has 2 rings (SSSR count). The van der Waals surface area contributed by atoms with Crippen LogP contribution in [0.15, 0.2) is 52.5 Å². The van der Waals surface area contributed by atoms with E-state index in [0.29, 0.717) is 15.6 Å². The molecule has 0 bridgehead atoms. The molecule has 136 valence electrons. The highest BCUT2D eigenvalue weighted by molar-refractivity contribution is 7.98. The van der Waals surface area contributed by atoms with E-state index >= 15 is 0 Å². The van der Waals surface area contributed by atoms with Gasteiger partial charge in [0.15, 0.2) is 0 Å². The number of amides is 2. The Balaban J connectivity index is 1.73. The third kappa shape index (κ3) is 6.37. The lowest BCUT2D eigenvalue weighted by molar-refractivity contribution is -0.120. The lowest BCUT2D eigenvalue weighted by Gasteiger charge is -2.05. The number of halogens is 2. The number of hydrazone groups is 1. The van der Waals surface area contributed by atoms with Gasteiger partial charge in [0, 0.05) is 23.4 Å². The Morgan fingerprint density at radius 1 is 1.12 bits per heavy atom. The average Bonchev–Trinajstić information content (AvgIpc) is 2.64. The maximum atomic E-state index is 12.0. The monoisotopic (exact) mass is 409 g/mol. The van der Waals surface area contributed by atoms with E-state index in [-0.39, 0.29) is 24.8 Å². The van der Waals surface area contributed by atoms with Crippen LogP contribution in [-0.2, 0) is 4.79 Å². The summed E-state index contributed by atoms with van der Waals surface area (Å²) in [6.07, 6.45) is 3.68. The second-order valence-electron chi connectivity index (χ2n) is 5.20. The Morgan fingerprint density at radius 2 is 1.85 bits per heavy atom. The van der Waals surface area contributed by atoms with Crippen LogP contribution in [0.1, 0.15) is 22.3 Å². The smallest absolute Gasteiger partial charge is 0.251 e. The maximum Gasteiger partial charge on any atom is 0.251 e. The van der Waals surface area contributed by atoms with Crippen molar-refractivity contribution in [2.75, 3.05) is 12.8 Å². The molecular weight excluding hydrogens is 393 g/mol. The molecule has 0 aliphatic heterocycles. The molecule has 0 aliphatic rings. The van der Waals surface area contributed by atoms with Crippen molar-refractivity contribution in [1.29, 1.82) is 0 Å². The number of nitrogens with one attached hydrogen (secondary N) is 2. The first kappa shape index (κ1) is 20.3. The molecule has 2 aromatic carbocycles. The highest BCUT2D eigenvalue weighted by atomic mass is 35.5. The zero-order chi connectivity index (χ0) is 18.9. The molecule has 0 spiro atoms. The second kappa shape index (κ2) is 10.2. The van der Waals surface area contributed by atoms with E-state index in [1.54, 1.807) is 30.1 Å². The SMILES string of the molecule is CSc1ccc(C=NNC(=O)CCNC(=O)c2ccc(Cl)c(Cl)c2)cc1. The molecule has 5 nitrogen and oxygen atoms in total. The van der Waals surface area contributed by atoms with Gasteiger partial charge >= 0.3 is 0 Å². The van der Waals surface area contributed by atoms with E-state index in [4.69, 9.17) is 23.2 Å². The molecular formula is C18H17Cl2N3O2S. The van der Waals surface area contributed by atoms with Gasteiger partial charge in [-0.05, 0) is 42.2 Å². The predicted octanol–water partition coefficient (Wildman–Crippen LogP) is 3.99. The molecule has 0 aliphatic carbocycles. The fraction of sp³-hybridized carbons (Fsp3) is 0.167. The maximum absolute atomic E-state index is 12.0. The van der Waals surface area contributed by atoms with Gasteiger partial charge in [-0.25, -0.2) is 5.43 Å². The van der Waals surface area contributed by atoms with E-state index in [1.165, 1.54) is 6.07 Å². The molecule has 8 heteroatoms. The fourth-order valence-corrected chi connectivity index (χ4v) is 2.66. The number of thioether (sulfide) groups is 1. The number of carbonyl (C=O) groups is 2. The molecule has 26 heavy (non-hydrogen) atoms. The molecule has 0 atom stereocenters. The largest absolute Gasteiger partial charge is 0.352 e. The molecule has 0 aromatic heterocycles. The summed E-state index contributed by atoms with van der Waals surface area (Å²) < 4.78 is 0. The van der Waals surface area contributed by atoms with Crippen LogP contribution in [0, 0.1) is 0 Å². The summed E-state index contributed by atoms with van der Waals surface area (Å²) >= 11 is 13.3. The zero-order valence-corrected chi connectivity index (χ0v) is 16.3. The predicted molar refractivity (Wildman–Crippen MR) is 107 cm³/mol. The zero-order valence-electron chi connectivity index (χ0n) is 14.0. The van der Waals surface area contributed by atoms with E-state index in [9.17, 15) is 9.59 Å². The molecule has 2 amide bonds. The number of rotatable bonds is 7. The van der Waals surface area contributed by atoms with Crippen molar-refractivity contribution in [3.63, 3.8) is 0 Å². The standard InChI is InChI=1S/C18H17Cl2N3O2S/c1-26-14-5-2-12(3-6-14)11-22-23-17(24)8-9-21-18(25)13-4-7-15(19)16(20)10-13/h2-7,10-11H,8-9H2,1H3,(H,21,25)(H,23,24). The molecule has 0 radical (unpaired) electrons. The van der Waals surface area contributed by atoms with Gasteiger partial charge in [-0.2, -0.15) is 5.10 Å². The first-order valence-corrected chi connectivity index (χ1v) is 9.67. The van der Waals surface area contributed by atoms with Gasteiger partial charge < -0.3 is 5.32 Å². The van der Waals surface area contributed by atoms with E-state index in [2.05, 4.69) is 15.8 Å². The van der Waals surface area contributed by atoms with Crippen molar-refractivity contribution in [2.24, 2.45) is 5.10 Å². The summed E-state index contributed by atoms with van der Waals surface area (Å²) in [7, 11) is 0. The average molecular weight is 410 g/mol. The number of nitrogens with zero attached hydrogens (tertiary/aromatic N) is 1. The Bertz CT molecular complexity index is 811. The van der Waals surface area contributed by atoms with Gasteiger partial charge in [0.2, 0.25) is 5.91 Å². The van der Waals surface area contributed by atoms with Crippen LogP contribution in [-0.4, -0.2) is 30.8 Å². The van der Waals surface area contributed by atoms with E-state index in [1.807, 2.05) is 30.5 Å². The van der Waals surface area contributed by atoms with Crippen molar-refractivity contribution in [3.8, 4) is 0 Å². The van der Waals surface area contributed by atoms with Crippen LogP contribution in [0.25, 0.3) is 0 Å².